The summed E-state index contributed by atoms with van der Waals surface area (Å²) in [6, 6.07) is 7.30. The van der Waals surface area contributed by atoms with Crippen molar-refractivity contribution in [3.8, 4) is 0 Å². The molecule has 0 aliphatic carbocycles. The van der Waals surface area contributed by atoms with E-state index >= 15 is 0 Å². The topological polar surface area (TPSA) is 90.4 Å². The lowest BCUT2D eigenvalue weighted by Gasteiger charge is -1.95. The molecule has 4 heteroatoms. The number of nitrogens with zero attached hydrogens (tertiary/aromatic N) is 1. The van der Waals surface area contributed by atoms with E-state index in [0.717, 1.165) is 0 Å². The minimum atomic E-state index is 0.643. The molecule has 0 bridgehead atoms. The highest BCUT2D eigenvalue weighted by Gasteiger charge is 1.90. The monoisotopic (exact) mass is 166 g/mol. The summed E-state index contributed by atoms with van der Waals surface area (Å²) in [4.78, 5) is 3.83. The van der Waals surface area contributed by atoms with Gasteiger partial charge in [-0.3, -0.25) is 0 Å². The lowest BCUT2D eigenvalue weighted by atomic mass is 10.3. The fourth-order valence-electron chi connectivity index (χ4n) is 0.685. The van der Waals surface area contributed by atoms with E-state index in [0.29, 0.717) is 11.4 Å². The first-order chi connectivity index (χ1) is 5.84. The molecular formula is C8H14N4. The summed E-state index contributed by atoms with van der Waals surface area (Å²) in [5, 5.41) is 0. The van der Waals surface area contributed by atoms with Crippen LogP contribution in [0.1, 0.15) is 0 Å². The van der Waals surface area contributed by atoms with E-state index in [1.165, 1.54) is 13.4 Å². The maximum atomic E-state index is 5.54. The van der Waals surface area contributed by atoms with Crippen molar-refractivity contribution >= 4 is 17.7 Å². The van der Waals surface area contributed by atoms with E-state index in [2.05, 4.69) is 10.7 Å². The smallest absolute Gasteiger partial charge is 0.0876 e. The van der Waals surface area contributed by atoms with Crippen molar-refractivity contribution < 1.29 is 0 Å². The minimum absolute atomic E-state index is 0.643. The average molecular weight is 166 g/mol. The van der Waals surface area contributed by atoms with Crippen molar-refractivity contribution in [1.82, 2.24) is 0 Å². The predicted molar refractivity (Wildman–Crippen MR) is 53.3 cm³/mol. The van der Waals surface area contributed by atoms with Gasteiger partial charge in [-0.05, 0) is 19.2 Å². The Balaban J connectivity index is 0.000000561. The minimum Gasteiger partial charge on any atom is -0.397 e. The molecule has 0 unspecified atom stereocenters. The summed E-state index contributed by atoms with van der Waals surface area (Å²) in [7, 11) is 1.50. The van der Waals surface area contributed by atoms with E-state index in [9.17, 15) is 0 Å². The Kier molecular flexibility index (Phi) is 5.38. The molecule has 1 rings (SSSR count). The number of nitrogens with two attached hydrogens (primary N) is 3. The second-order valence-electron chi connectivity index (χ2n) is 1.84. The van der Waals surface area contributed by atoms with Crippen LogP contribution in [-0.4, -0.2) is 13.4 Å². The van der Waals surface area contributed by atoms with E-state index in [-0.39, 0.29) is 0 Å². The number of para-hydroxylation sites is 2. The van der Waals surface area contributed by atoms with Crippen LogP contribution in [0.3, 0.4) is 0 Å². The van der Waals surface area contributed by atoms with Crippen molar-refractivity contribution in [1.29, 1.82) is 0 Å². The molecule has 1 aromatic rings. The van der Waals surface area contributed by atoms with Crippen molar-refractivity contribution in [2.75, 3.05) is 12.8 Å². The van der Waals surface area contributed by atoms with Crippen molar-refractivity contribution in [3.63, 3.8) is 0 Å². The van der Waals surface area contributed by atoms with Gasteiger partial charge in [-0.2, -0.15) is 0 Å². The molecule has 0 heterocycles. The molecule has 0 aliphatic heterocycles. The van der Waals surface area contributed by atoms with Crippen LogP contribution in [0.15, 0.2) is 29.3 Å². The van der Waals surface area contributed by atoms with E-state index in [4.69, 9.17) is 11.5 Å². The molecule has 12 heavy (non-hydrogen) atoms. The van der Waals surface area contributed by atoms with Gasteiger partial charge in [0.05, 0.1) is 17.7 Å². The van der Waals surface area contributed by atoms with Gasteiger partial charge in [-0.1, -0.05) is 12.1 Å². The van der Waals surface area contributed by atoms with Gasteiger partial charge in [-0.15, -0.1) is 0 Å². The Morgan fingerprint density at radius 3 is 2.33 bits per heavy atom. The summed E-state index contributed by atoms with van der Waals surface area (Å²) in [6.45, 7) is 0. The summed E-state index contributed by atoms with van der Waals surface area (Å²) in [6.07, 6.45) is 1.23. The summed E-state index contributed by atoms with van der Waals surface area (Å²) in [5.74, 6) is 0. The Bertz CT molecular complexity index is 245. The zero-order valence-corrected chi connectivity index (χ0v) is 7.07. The quantitative estimate of drug-likeness (QED) is 0.321. The molecule has 1 aromatic carbocycles. The fraction of sp³-hybridized carbons (Fsp3) is 0.125. The summed E-state index contributed by atoms with van der Waals surface area (Å²) in [5.41, 5.74) is 16.5. The lowest BCUT2D eigenvalue weighted by Crippen LogP contribution is -1.89. The largest absolute Gasteiger partial charge is 0.397 e. The van der Waals surface area contributed by atoms with Gasteiger partial charge < -0.3 is 17.2 Å². The number of aliphatic imine (C=N–C) groups is 1. The highest BCUT2D eigenvalue weighted by molar-refractivity contribution is 5.68. The predicted octanol–water partition coefficient (Wildman–Crippen LogP) is 0.462. The second-order valence-corrected chi connectivity index (χ2v) is 1.84. The van der Waals surface area contributed by atoms with Crippen LogP contribution < -0.4 is 17.2 Å². The van der Waals surface area contributed by atoms with Crippen LogP contribution in [0.5, 0.6) is 0 Å². The molecular weight excluding hydrogens is 152 g/mol. The number of benzene rings is 1. The number of rotatable bonds is 1. The lowest BCUT2D eigenvalue weighted by molar-refractivity contribution is 1.48. The zero-order valence-electron chi connectivity index (χ0n) is 7.07. The summed E-state index contributed by atoms with van der Waals surface area (Å²) < 4.78 is 0. The number of hydrogen-bond donors (Lipinski definition) is 3. The van der Waals surface area contributed by atoms with Gasteiger partial charge >= 0.3 is 0 Å². The van der Waals surface area contributed by atoms with Gasteiger partial charge in [0.15, 0.2) is 0 Å². The zero-order chi connectivity index (χ0) is 9.40. The molecule has 66 valence electrons. The van der Waals surface area contributed by atoms with Crippen molar-refractivity contribution in [2.24, 2.45) is 16.5 Å². The van der Waals surface area contributed by atoms with Gasteiger partial charge in [0.1, 0.15) is 0 Å². The molecule has 0 atom stereocenters. The summed E-state index contributed by atoms with van der Waals surface area (Å²) >= 11 is 0. The van der Waals surface area contributed by atoms with Crippen molar-refractivity contribution in [2.45, 2.75) is 0 Å². The Hall–Kier alpha value is -1.55. The SMILES string of the molecule is CN.NC=Nc1ccccc1N. The third-order valence-corrected chi connectivity index (χ3v) is 1.15. The molecule has 4 nitrogen and oxygen atoms in total. The molecule has 0 saturated heterocycles. The second kappa shape index (κ2) is 6.18. The first kappa shape index (κ1) is 10.4. The van der Waals surface area contributed by atoms with Crippen LogP contribution in [0, 0.1) is 0 Å². The van der Waals surface area contributed by atoms with Crippen LogP contribution in [0.2, 0.25) is 0 Å². The van der Waals surface area contributed by atoms with E-state index in [1.807, 2.05) is 12.1 Å². The molecule has 0 fully saturated rings. The van der Waals surface area contributed by atoms with Crippen LogP contribution in [0.4, 0.5) is 11.4 Å². The maximum Gasteiger partial charge on any atom is 0.0876 e. The Labute approximate surface area is 72.1 Å². The Morgan fingerprint density at radius 1 is 1.25 bits per heavy atom. The van der Waals surface area contributed by atoms with Crippen LogP contribution >= 0.6 is 0 Å². The first-order valence-electron chi connectivity index (χ1n) is 3.51. The highest BCUT2D eigenvalue weighted by Crippen LogP contribution is 2.18. The van der Waals surface area contributed by atoms with E-state index < -0.39 is 0 Å². The third-order valence-electron chi connectivity index (χ3n) is 1.15. The number of hydrogen-bond acceptors (Lipinski definition) is 3. The van der Waals surface area contributed by atoms with Gasteiger partial charge in [0.2, 0.25) is 0 Å². The normalized spacial score (nSPS) is 9.17. The molecule has 0 saturated carbocycles. The first-order valence-corrected chi connectivity index (χ1v) is 3.51. The van der Waals surface area contributed by atoms with E-state index in [1.54, 1.807) is 12.1 Å². The van der Waals surface area contributed by atoms with Crippen molar-refractivity contribution in [3.05, 3.63) is 24.3 Å². The van der Waals surface area contributed by atoms with Gasteiger partial charge in [-0.25, -0.2) is 4.99 Å². The number of nitrogen functional groups attached to an aromatic ring is 1. The molecule has 0 spiro atoms. The third kappa shape index (κ3) is 3.03. The number of anilines is 1. The molecule has 6 N–H and O–H groups in total. The Morgan fingerprint density at radius 2 is 1.83 bits per heavy atom. The average Bonchev–Trinajstić information content (AvgIpc) is 2.13. The fourth-order valence-corrected chi connectivity index (χ4v) is 0.685. The van der Waals surface area contributed by atoms with Crippen LogP contribution in [0.25, 0.3) is 0 Å². The molecule has 0 amide bonds. The molecule has 0 aliphatic rings. The highest BCUT2D eigenvalue weighted by atomic mass is 14.8. The molecule has 0 radical (unpaired) electrons. The molecule has 0 aromatic heterocycles. The standard InChI is InChI=1S/C7H9N3.CH5N/c8-5-10-7-4-2-1-3-6(7)9;1-2/h1-5H,9H2,(H2,8,10);2H2,1H3. The van der Waals surface area contributed by atoms with Gasteiger partial charge in [0, 0.05) is 0 Å². The van der Waals surface area contributed by atoms with Gasteiger partial charge in [0.25, 0.3) is 0 Å². The maximum absolute atomic E-state index is 5.54. The van der Waals surface area contributed by atoms with Crippen LogP contribution in [-0.2, 0) is 0 Å².